The van der Waals surface area contributed by atoms with Crippen molar-refractivity contribution < 1.29 is 14.0 Å². The van der Waals surface area contributed by atoms with Gasteiger partial charge in [-0.05, 0) is 63.4 Å². The lowest BCUT2D eigenvalue weighted by molar-refractivity contribution is 0.0647. The van der Waals surface area contributed by atoms with Crippen molar-refractivity contribution in [3.63, 3.8) is 0 Å². The van der Waals surface area contributed by atoms with Gasteiger partial charge < -0.3 is 14.6 Å². The van der Waals surface area contributed by atoms with E-state index in [1.165, 1.54) is 6.26 Å². The second kappa shape index (κ2) is 7.70. The Bertz CT molecular complexity index is 1070. The van der Waals surface area contributed by atoms with Gasteiger partial charge in [-0.1, -0.05) is 11.6 Å². The van der Waals surface area contributed by atoms with Gasteiger partial charge in [0.15, 0.2) is 5.76 Å². The van der Waals surface area contributed by atoms with Crippen molar-refractivity contribution in [3.8, 4) is 0 Å². The van der Waals surface area contributed by atoms with Crippen LogP contribution in [-0.2, 0) is 0 Å². The van der Waals surface area contributed by atoms with Gasteiger partial charge in [0, 0.05) is 30.2 Å². The molecule has 2 aromatic heterocycles. The van der Waals surface area contributed by atoms with Crippen LogP contribution < -0.4 is 5.32 Å². The summed E-state index contributed by atoms with van der Waals surface area (Å²) >= 11 is 0. The van der Waals surface area contributed by atoms with E-state index in [9.17, 15) is 9.59 Å². The molecular weight excluding hydrogens is 366 g/mol. The number of rotatable bonds is 3. The number of carbonyl (C=O) groups is 2. The number of likely N-dealkylation sites (tertiary alicyclic amines) is 1. The van der Waals surface area contributed by atoms with Gasteiger partial charge in [0.25, 0.3) is 11.8 Å². The Hall–Kier alpha value is -3.15. The van der Waals surface area contributed by atoms with E-state index >= 15 is 0 Å². The molecule has 1 aromatic carbocycles. The molecule has 1 unspecified atom stereocenters. The van der Waals surface area contributed by atoms with Crippen molar-refractivity contribution in [1.82, 2.24) is 15.2 Å². The normalized spacial score (nSPS) is 16.8. The number of amides is 2. The number of nitrogens with zero attached hydrogens (tertiary/aromatic N) is 2. The molecule has 1 saturated heterocycles. The van der Waals surface area contributed by atoms with Gasteiger partial charge in [-0.2, -0.15) is 0 Å². The first-order chi connectivity index (χ1) is 13.9. The van der Waals surface area contributed by atoms with Crippen LogP contribution in [-0.4, -0.2) is 40.8 Å². The summed E-state index contributed by atoms with van der Waals surface area (Å²) in [5, 5.41) is 4.02. The van der Waals surface area contributed by atoms with Crippen LogP contribution >= 0.6 is 0 Å². The SMILES string of the molecule is Cc1ccc2nc(C)c(C)c(C(=O)NC3CCCN(C(=O)c4ccco4)C3)c2c1. The molecule has 29 heavy (non-hydrogen) atoms. The standard InChI is InChI=1S/C23H25N3O3/c1-14-8-9-19-18(12-14)21(15(2)16(3)24-19)22(27)25-17-6-4-10-26(13-17)23(28)20-7-5-11-29-20/h5,7-9,11-12,17H,4,6,10,13H2,1-3H3,(H,25,27). The zero-order valence-corrected chi connectivity index (χ0v) is 17.0. The highest BCUT2D eigenvalue weighted by atomic mass is 16.3. The van der Waals surface area contributed by atoms with Crippen LogP contribution in [0, 0.1) is 20.8 Å². The van der Waals surface area contributed by atoms with Gasteiger partial charge in [-0.25, -0.2) is 0 Å². The maximum absolute atomic E-state index is 13.3. The minimum atomic E-state index is -0.133. The lowest BCUT2D eigenvalue weighted by Crippen LogP contribution is -2.49. The zero-order valence-electron chi connectivity index (χ0n) is 17.0. The van der Waals surface area contributed by atoms with Crippen molar-refractivity contribution in [1.29, 1.82) is 0 Å². The van der Waals surface area contributed by atoms with Crippen molar-refractivity contribution in [2.45, 2.75) is 39.7 Å². The Labute approximate surface area is 169 Å². The second-order valence-electron chi connectivity index (χ2n) is 7.76. The molecule has 0 radical (unpaired) electrons. The minimum Gasteiger partial charge on any atom is -0.459 e. The fourth-order valence-electron chi connectivity index (χ4n) is 3.98. The molecule has 1 N–H and O–H groups in total. The average Bonchev–Trinajstić information content (AvgIpc) is 3.23. The summed E-state index contributed by atoms with van der Waals surface area (Å²) in [4.78, 5) is 32.2. The zero-order chi connectivity index (χ0) is 20.5. The van der Waals surface area contributed by atoms with E-state index in [0.717, 1.165) is 40.6 Å². The van der Waals surface area contributed by atoms with E-state index in [-0.39, 0.29) is 17.9 Å². The molecule has 6 nitrogen and oxygen atoms in total. The number of aromatic nitrogens is 1. The predicted molar refractivity (Wildman–Crippen MR) is 111 cm³/mol. The van der Waals surface area contributed by atoms with Crippen LogP contribution in [0.3, 0.4) is 0 Å². The van der Waals surface area contributed by atoms with Crippen molar-refractivity contribution in [3.05, 3.63) is 64.7 Å². The minimum absolute atomic E-state index is 0.0945. The number of pyridine rings is 1. The molecule has 1 atom stereocenters. The number of hydrogen-bond donors (Lipinski definition) is 1. The number of benzene rings is 1. The molecule has 4 rings (SSSR count). The summed E-state index contributed by atoms with van der Waals surface area (Å²) in [5.74, 6) is 0.0888. The first-order valence-electron chi connectivity index (χ1n) is 9.95. The van der Waals surface area contributed by atoms with E-state index < -0.39 is 0 Å². The number of carbonyl (C=O) groups excluding carboxylic acids is 2. The summed E-state index contributed by atoms with van der Waals surface area (Å²) in [6.07, 6.45) is 3.18. The van der Waals surface area contributed by atoms with Gasteiger partial charge >= 0.3 is 0 Å². The van der Waals surface area contributed by atoms with Gasteiger partial charge in [0.05, 0.1) is 17.3 Å². The highest BCUT2D eigenvalue weighted by Gasteiger charge is 2.28. The fraction of sp³-hybridized carbons (Fsp3) is 0.348. The molecule has 1 aliphatic heterocycles. The third-order valence-corrected chi connectivity index (χ3v) is 5.63. The Morgan fingerprint density at radius 2 is 2.03 bits per heavy atom. The van der Waals surface area contributed by atoms with Crippen molar-refractivity contribution in [2.75, 3.05) is 13.1 Å². The van der Waals surface area contributed by atoms with E-state index in [1.54, 1.807) is 17.0 Å². The molecule has 6 heteroatoms. The number of piperidine rings is 1. The van der Waals surface area contributed by atoms with Crippen molar-refractivity contribution in [2.24, 2.45) is 0 Å². The largest absolute Gasteiger partial charge is 0.459 e. The van der Waals surface area contributed by atoms with E-state index in [2.05, 4.69) is 10.3 Å². The maximum Gasteiger partial charge on any atom is 0.289 e. The molecule has 150 valence electrons. The average molecular weight is 391 g/mol. The predicted octanol–water partition coefficient (Wildman–Crippen LogP) is 3.79. The third kappa shape index (κ3) is 3.75. The Morgan fingerprint density at radius 1 is 1.21 bits per heavy atom. The van der Waals surface area contributed by atoms with Crippen LogP contribution in [0.5, 0.6) is 0 Å². The molecule has 0 bridgehead atoms. The third-order valence-electron chi connectivity index (χ3n) is 5.63. The summed E-state index contributed by atoms with van der Waals surface area (Å²) in [6, 6.07) is 9.25. The second-order valence-corrected chi connectivity index (χ2v) is 7.76. The summed E-state index contributed by atoms with van der Waals surface area (Å²) < 4.78 is 5.24. The van der Waals surface area contributed by atoms with Crippen LogP contribution in [0.2, 0.25) is 0 Å². The molecule has 0 spiro atoms. The molecular formula is C23H25N3O3. The fourth-order valence-corrected chi connectivity index (χ4v) is 3.98. The molecule has 3 aromatic rings. The summed E-state index contributed by atoms with van der Waals surface area (Å²) in [6.45, 7) is 7.02. The lowest BCUT2D eigenvalue weighted by atomic mass is 9.98. The molecule has 1 fully saturated rings. The van der Waals surface area contributed by atoms with Crippen LogP contribution in [0.1, 0.15) is 50.6 Å². The lowest BCUT2D eigenvalue weighted by Gasteiger charge is -2.33. The van der Waals surface area contributed by atoms with Gasteiger partial charge in [-0.15, -0.1) is 0 Å². The number of nitrogens with one attached hydrogen (secondary N) is 1. The summed E-state index contributed by atoms with van der Waals surface area (Å²) in [5.41, 5.74) is 4.32. The maximum atomic E-state index is 13.3. The van der Waals surface area contributed by atoms with Crippen LogP contribution in [0.15, 0.2) is 41.0 Å². The van der Waals surface area contributed by atoms with Gasteiger partial charge in [0.2, 0.25) is 0 Å². The van der Waals surface area contributed by atoms with Gasteiger partial charge in [0.1, 0.15) is 0 Å². The van der Waals surface area contributed by atoms with E-state index in [0.29, 0.717) is 24.4 Å². The van der Waals surface area contributed by atoms with Crippen molar-refractivity contribution >= 4 is 22.7 Å². The molecule has 3 heterocycles. The first kappa shape index (κ1) is 19.2. The summed E-state index contributed by atoms with van der Waals surface area (Å²) in [7, 11) is 0. The number of hydrogen-bond acceptors (Lipinski definition) is 4. The smallest absolute Gasteiger partial charge is 0.289 e. The van der Waals surface area contributed by atoms with E-state index in [1.807, 2.05) is 39.0 Å². The quantitative estimate of drug-likeness (QED) is 0.737. The molecule has 2 amide bonds. The highest BCUT2D eigenvalue weighted by Crippen LogP contribution is 2.25. The van der Waals surface area contributed by atoms with Crippen LogP contribution in [0.4, 0.5) is 0 Å². The Kier molecular flexibility index (Phi) is 5.09. The molecule has 0 aliphatic carbocycles. The molecule has 1 aliphatic rings. The number of furan rings is 1. The van der Waals surface area contributed by atoms with E-state index in [4.69, 9.17) is 4.42 Å². The Balaban J connectivity index is 1.57. The Morgan fingerprint density at radius 3 is 2.79 bits per heavy atom. The number of fused-ring (bicyclic) bond motifs is 1. The van der Waals surface area contributed by atoms with Crippen LogP contribution in [0.25, 0.3) is 10.9 Å². The first-order valence-corrected chi connectivity index (χ1v) is 9.95. The number of aryl methyl sites for hydroxylation is 2. The topological polar surface area (TPSA) is 75.4 Å². The monoisotopic (exact) mass is 391 g/mol. The highest BCUT2D eigenvalue weighted by molar-refractivity contribution is 6.08. The van der Waals surface area contributed by atoms with Gasteiger partial charge in [-0.3, -0.25) is 14.6 Å². The molecule has 0 saturated carbocycles.